The molecule has 1 N–H and O–H groups in total. The van der Waals surface area contributed by atoms with Gasteiger partial charge < -0.3 is 9.52 Å². The molecule has 2 aromatic rings. The lowest BCUT2D eigenvalue weighted by Gasteiger charge is -1.89. The second-order valence-electron chi connectivity index (χ2n) is 3.79. The molecule has 2 aromatic heterocycles. The van der Waals surface area contributed by atoms with Crippen molar-refractivity contribution in [3.63, 3.8) is 0 Å². The van der Waals surface area contributed by atoms with E-state index in [9.17, 15) is 4.79 Å². The van der Waals surface area contributed by atoms with Crippen LogP contribution in [0.3, 0.4) is 0 Å². The van der Waals surface area contributed by atoms with Crippen molar-refractivity contribution in [3.05, 3.63) is 29.0 Å². The summed E-state index contributed by atoms with van der Waals surface area (Å²) < 4.78 is 5.32. The first-order chi connectivity index (χ1) is 7.75. The molecule has 1 fully saturated rings. The summed E-state index contributed by atoms with van der Waals surface area (Å²) in [4.78, 5) is 16.2. The quantitative estimate of drug-likeness (QED) is 0.888. The summed E-state index contributed by atoms with van der Waals surface area (Å²) in [6.45, 7) is 0. The van der Waals surface area contributed by atoms with Gasteiger partial charge in [0.05, 0.1) is 10.6 Å². The average Bonchev–Trinajstić information content (AvgIpc) is 2.83. The number of hydrogen-bond donors (Lipinski definition) is 1. The van der Waals surface area contributed by atoms with Gasteiger partial charge in [-0.15, -0.1) is 11.3 Å². The van der Waals surface area contributed by atoms with Crippen molar-refractivity contribution >= 4 is 17.3 Å². The Hall–Kier alpha value is -1.62. The van der Waals surface area contributed by atoms with Crippen LogP contribution in [0.4, 0.5) is 0 Å². The molecule has 2 heterocycles. The highest BCUT2D eigenvalue weighted by atomic mass is 32.1. The van der Waals surface area contributed by atoms with Gasteiger partial charge in [0, 0.05) is 5.92 Å². The number of rotatable bonds is 3. The maximum absolute atomic E-state index is 11.0. The van der Waals surface area contributed by atoms with E-state index >= 15 is 0 Å². The third-order valence-corrected chi connectivity index (χ3v) is 3.40. The molecule has 0 amide bonds. The lowest BCUT2D eigenvalue weighted by Crippen LogP contribution is -1.98. The highest BCUT2D eigenvalue weighted by Gasteiger charge is 2.33. The smallest absolute Gasteiger partial charge is 0.373 e. The molecule has 0 saturated heterocycles. The summed E-state index contributed by atoms with van der Waals surface area (Å²) in [5, 5.41) is 10.9. The Bertz CT molecular complexity index is 525. The van der Waals surface area contributed by atoms with E-state index in [1.54, 1.807) is 0 Å². The minimum Gasteiger partial charge on any atom is -0.475 e. The van der Waals surface area contributed by atoms with Gasteiger partial charge in [0.2, 0.25) is 11.7 Å². The van der Waals surface area contributed by atoms with Gasteiger partial charge in [0.15, 0.2) is 0 Å². The summed E-state index contributed by atoms with van der Waals surface area (Å²) in [7, 11) is 0. The second kappa shape index (κ2) is 3.45. The van der Waals surface area contributed by atoms with E-state index in [4.69, 9.17) is 9.52 Å². The fourth-order valence-corrected chi connectivity index (χ4v) is 2.27. The number of aromatic carboxylic acids is 1. The Morgan fingerprint density at radius 2 is 2.38 bits per heavy atom. The first-order valence-electron chi connectivity index (χ1n) is 5.03. The molecule has 0 aliphatic heterocycles. The first-order valence-corrected chi connectivity index (χ1v) is 5.91. The summed E-state index contributed by atoms with van der Waals surface area (Å²) in [6, 6.07) is 3.76. The largest absolute Gasteiger partial charge is 0.475 e. The molecule has 1 aliphatic rings. The lowest BCUT2D eigenvalue weighted by atomic mass is 10.2. The monoisotopic (exact) mass is 235 g/mol. The Kier molecular flexibility index (Phi) is 2.07. The zero-order valence-corrected chi connectivity index (χ0v) is 9.16. The summed E-state index contributed by atoms with van der Waals surface area (Å²) in [5.41, 5.74) is 0.607. The lowest BCUT2D eigenvalue weighted by molar-refractivity contribution is 0.0661. The number of carboxylic acid groups (broad SMARTS) is 1. The second-order valence-corrected chi connectivity index (χ2v) is 4.74. The van der Waals surface area contributed by atoms with E-state index in [1.807, 2.05) is 17.5 Å². The van der Waals surface area contributed by atoms with Crippen LogP contribution in [-0.4, -0.2) is 16.1 Å². The normalized spacial score (nSPS) is 15.2. The van der Waals surface area contributed by atoms with Gasteiger partial charge in [-0.2, -0.15) is 0 Å². The molecule has 0 spiro atoms. The van der Waals surface area contributed by atoms with Crippen molar-refractivity contribution in [1.82, 2.24) is 4.98 Å². The molecule has 0 atom stereocenters. The van der Waals surface area contributed by atoms with Crippen LogP contribution in [0.2, 0.25) is 0 Å². The highest BCUT2D eigenvalue weighted by Crippen LogP contribution is 2.42. The molecule has 82 valence electrons. The Labute approximate surface area is 95.6 Å². The molecule has 0 bridgehead atoms. The van der Waals surface area contributed by atoms with E-state index in [2.05, 4.69) is 4.98 Å². The van der Waals surface area contributed by atoms with E-state index in [0.717, 1.165) is 17.7 Å². The maximum atomic E-state index is 11.0. The van der Waals surface area contributed by atoms with Crippen LogP contribution in [-0.2, 0) is 0 Å². The zero-order valence-electron chi connectivity index (χ0n) is 8.34. The van der Waals surface area contributed by atoms with Crippen molar-refractivity contribution in [2.45, 2.75) is 18.8 Å². The standard InChI is InChI=1S/C11H9NO3S/c13-11(14)9-8(6-3-4-6)12-10(15-9)7-2-1-5-16-7/h1-2,5-6H,3-4H2,(H,13,14). The van der Waals surface area contributed by atoms with Gasteiger partial charge in [-0.3, -0.25) is 0 Å². The molecule has 16 heavy (non-hydrogen) atoms. The Morgan fingerprint density at radius 3 is 2.94 bits per heavy atom. The fourth-order valence-electron chi connectivity index (χ4n) is 1.62. The minimum atomic E-state index is -1.03. The van der Waals surface area contributed by atoms with E-state index in [-0.39, 0.29) is 11.7 Å². The fraction of sp³-hybridized carbons (Fsp3) is 0.273. The molecule has 1 saturated carbocycles. The van der Waals surface area contributed by atoms with Gasteiger partial charge in [0.1, 0.15) is 0 Å². The maximum Gasteiger partial charge on any atom is 0.373 e. The minimum absolute atomic E-state index is 0.00546. The van der Waals surface area contributed by atoms with Gasteiger partial charge in [-0.25, -0.2) is 9.78 Å². The van der Waals surface area contributed by atoms with Crippen LogP contribution in [0.25, 0.3) is 10.8 Å². The number of thiophene rings is 1. The van der Waals surface area contributed by atoms with Crippen molar-refractivity contribution in [2.75, 3.05) is 0 Å². The number of hydrogen-bond acceptors (Lipinski definition) is 4. The Balaban J connectivity index is 2.08. The SMILES string of the molecule is O=C(O)c1oc(-c2cccs2)nc1C1CC1. The topological polar surface area (TPSA) is 63.3 Å². The number of nitrogens with zero attached hydrogens (tertiary/aromatic N) is 1. The molecule has 1 aliphatic carbocycles. The van der Waals surface area contributed by atoms with Crippen molar-refractivity contribution in [1.29, 1.82) is 0 Å². The van der Waals surface area contributed by atoms with Gasteiger partial charge in [-0.05, 0) is 24.3 Å². The zero-order chi connectivity index (χ0) is 11.1. The van der Waals surface area contributed by atoms with E-state index in [1.165, 1.54) is 11.3 Å². The van der Waals surface area contributed by atoms with E-state index < -0.39 is 5.97 Å². The molecule has 4 nitrogen and oxygen atoms in total. The molecule has 5 heteroatoms. The number of oxazole rings is 1. The van der Waals surface area contributed by atoms with Crippen molar-refractivity contribution in [2.24, 2.45) is 0 Å². The molecular formula is C11H9NO3S. The molecule has 3 rings (SSSR count). The summed E-state index contributed by atoms with van der Waals surface area (Å²) in [5.74, 6) is -0.319. The number of aromatic nitrogens is 1. The van der Waals surface area contributed by atoms with Crippen LogP contribution in [0, 0.1) is 0 Å². The third-order valence-electron chi connectivity index (χ3n) is 2.54. The van der Waals surface area contributed by atoms with Gasteiger partial charge in [-0.1, -0.05) is 6.07 Å². The van der Waals surface area contributed by atoms with Crippen LogP contribution in [0.1, 0.15) is 35.0 Å². The first kappa shape index (κ1) is 9.59. The molecule has 0 aromatic carbocycles. The molecule has 0 radical (unpaired) electrons. The van der Waals surface area contributed by atoms with Crippen LogP contribution >= 0.6 is 11.3 Å². The highest BCUT2D eigenvalue weighted by molar-refractivity contribution is 7.13. The predicted octanol–water partition coefficient (Wildman–Crippen LogP) is 2.98. The third kappa shape index (κ3) is 1.53. The van der Waals surface area contributed by atoms with Gasteiger partial charge in [0.25, 0.3) is 0 Å². The Morgan fingerprint density at radius 1 is 1.56 bits per heavy atom. The number of carboxylic acids is 1. The van der Waals surface area contributed by atoms with Crippen LogP contribution in [0.15, 0.2) is 21.9 Å². The van der Waals surface area contributed by atoms with Gasteiger partial charge >= 0.3 is 5.97 Å². The van der Waals surface area contributed by atoms with E-state index in [0.29, 0.717) is 11.6 Å². The number of carbonyl (C=O) groups is 1. The summed E-state index contributed by atoms with van der Waals surface area (Å²) >= 11 is 1.49. The predicted molar refractivity (Wildman–Crippen MR) is 58.8 cm³/mol. The van der Waals surface area contributed by atoms with Crippen molar-refractivity contribution in [3.8, 4) is 10.8 Å². The van der Waals surface area contributed by atoms with Crippen molar-refractivity contribution < 1.29 is 14.3 Å². The van der Waals surface area contributed by atoms with Crippen LogP contribution < -0.4 is 0 Å². The molecule has 0 unspecified atom stereocenters. The summed E-state index contributed by atoms with van der Waals surface area (Å²) in [6.07, 6.45) is 2.02. The average molecular weight is 235 g/mol. The van der Waals surface area contributed by atoms with Crippen LogP contribution in [0.5, 0.6) is 0 Å². The molecular weight excluding hydrogens is 226 g/mol.